The van der Waals surface area contributed by atoms with Crippen LogP contribution in [0.5, 0.6) is 0 Å². The number of hydrogen-bond acceptors (Lipinski definition) is 6. The van der Waals surface area contributed by atoms with Crippen LogP contribution < -0.4 is 4.90 Å². The van der Waals surface area contributed by atoms with E-state index in [2.05, 4.69) is 33.8 Å². The van der Waals surface area contributed by atoms with Crippen LogP contribution in [-0.4, -0.2) is 61.0 Å². The van der Waals surface area contributed by atoms with E-state index in [1.54, 1.807) is 0 Å². The molecule has 0 N–H and O–H groups in total. The summed E-state index contributed by atoms with van der Waals surface area (Å²) in [5, 5.41) is 4.04. The van der Waals surface area contributed by atoms with Gasteiger partial charge in [-0.2, -0.15) is 4.98 Å². The number of ether oxygens (including phenoxy) is 1. The Balaban J connectivity index is 1.49. The van der Waals surface area contributed by atoms with Crippen molar-refractivity contribution in [2.24, 2.45) is 5.92 Å². The van der Waals surface area contributed by atoms with E-state index in [1.807, 2.05) is 0 Å². The maximum Gasteiger partial charge on any atom is 0.324 e. The van der Waals surface area contributed by atoms with Gasteiger partial charge in [0.15, 0.2) is 5.82 Å². The van der Waals surface area contributed by atoms with Gasteiger partial charge in [0.05, 0.1) is 6.61 Å². The van der Waals surface area contributed by atoms with Crippen LogP contribution in [-0.2, 0) is 4.74 Å². The van der Waals surface area contributed by atoms with E-state index < -0.39 is 0 Å². The molecule has 1 aromatic rings. The Morgan fingerprint density at radius 1 is 1.25 bits per heavy atom. The summed E-state index contributed by atoms with van der Waals surface area (Å²) in [6.07, 6.45) is 1.21. The maximum absolute atomic E-state index is 5.44. The summed E-state index contributed by atoms with van der Waals surface area (Å²) in [5.74, 6) is 1.83. The Morgan fingerprint density at radius 2 is 2.05 bits per heavy atom. The van der Waals surface area contributed by atoms with Gasteiger partial charge in [-0.25, -0.2) is 0 Å². The first kappa shape index (κ1) is 13.8. The van der Waals surface area contributed by atoms with E-state index in [1.165, 1.54) is 6.42 Å². The van der Waals surface area contributed by atoms with E-state index in [4.69, 9.17) is 9.26 Å². The summed E-state index contributed by atoms with van der Waals surface area (Å²) >= 11 is 0. The van der Waals surface area contributed by atoms with Crippen LogP contribution in [0.15, 0.2) is 4.52 Å². The monoisotopic (exact) mass is 280 g/mol. The van der Waals surface area contributed by atoms with Gasteiger partial charge in [0, 0.05) is 45.2 Å². The molecule has 0 aliphatic carbocycles. The van der Waals surface area contributed by atoms with Crippen molar-refractivity contribution >= 4 is 6.01 Å². The molecule has 3 heterocycles. The van der Waals surface area contributed by atoms with Crippen molar-refractivity contribution in [1.82, 2.24) is 15.0 Å². The number of piperazine rings is 1. The summed E-state index contributed by atoms with van der Waals surface area (Å²) in [6, 6.07) is 0.678. The number of hydrogen-bond donors (Lipinski definition) is 0. The zero-order valence-corrected chi connectivity index (χ0v) is 12.4. The fraction of sp³-hybridized carbons (Fsp3) is 0.857. The van der Waals surface area contributed by atoms with Crippen molar-refractivity contribution in [3.8, 4) is 0 Å². The van der Waals surface area contributed by atoms with Gasteiger partial charge in [-0.15, -0.1) is 0 Å². The summed E-state index contributed by atoms with van der Waals surface area (Å²) in [4.78, 5) is 9.19. The molecule has 3 rings (SSSR count). The molecular weight excluding hydrogens is 256 g/mol. The van der Waals surface area contributed by atoms with Crippen LogP contribution >= 0.6 is 0 Å². The van der Waals surface area contributed by atoms with Crippen LogP contribution in [0.2, 0.25) is 0 Å². The number of nitrogens with zero attached hydrogens (tertiary/aromatic N) is 4. The van der Waals surface area contributed by atoms with E-state index in [0.29, 0.717) is 11.9 Å². The molecule has 2 saturated heterocycles. The fourth-order valence-electron chi connectivity index (χ4n) is 2.80. The number of aromatic nitrogens is 2. The zero-order valence-electron chi connectivity index (χ0n) is 12.4. The molecule has 1 aromatic heterocycles. The van der Waals surface area contributed by atoms with Crippen molar-refractivity contribution in [1.29, 1.82) is 0 Å². The smallest absolute Gasteiger partial charge is 0.324 e. The lowest BCUT2D eigenvalue weighted by Gasteiger charge is -2.34. The third kappa shape index (κ3) is 3.12. The van der Waals surface area contributed by atoms with Crippen LogP contribution in [0.25, 0.3) is 0 Å². The minimum absolute atomic E-state index is 0.316. The first-order valence-electron chi connectivity index (χ1n) is 7.61. The zero-order chi connectivity index (χ0) is 13.9. The topological polar surface area (TPSA) is 54.6 Å². The Kier molecular flexibility index (Phi) is 4.21. The highest BCUT2D eigenvalue weighted by molar-refractivity contribution is 5.26. The van der Waals surface area contributed by atoms with Gasteiger partial charge in [0.2, 0.25) is 0 Å². The Hall–Kier alpha value is -1.14. The highest BCUT2D eigenvalue weighted by atomic mass is 16.5. The highest BCUT2D eigenvalue weighted by Crippen LogP contribution is 2.19. The summed E-state index contributed by atoms with van der Waals surface area (Å²) < 4.78 is 10.8. The molecule has 2 aliphatic rings. The van der Waals surface area contributed by atoms with Crippen molar-refractivity contribution in [2.75, 3.05) is 50.8 Å². The van der Waals surface area contributed by atoms with Gasteiger partial charge in [-0.05, 0) is 12.3 Å². The molecule has 1 atom stereocenters. The predicted octanol–water partition coefficient (Wildman–Crippen LogP) is 1.35. The molecule has 0 amide bonds. The molecule has 6 heteroatoms. The third-order valence-corrected chi connectivity index (χ3v) is 4.13. The molecule has 0 spiro atoms. The second-order valence-corrected chi connectivity index (χ2v) is 6.11. The van der Waals surface area contributed by atoms with Crippen LogP contribution in [0.3, 0.4) is 0 Å². The van der Waals surface area contributed by atoms with E-state index >= 15 is 0 Å². The molecule has 112 valence electrons. The first-order chi connectivity index (χ1) is 9.72. The quantitative estimate of drug-likeness (QED) is 0.830. The average molecular weight is 280 g/mol. The normalized spacial score (nSPS) is 24.8. The van der Waals surface area contributed by atoms with Crippen LogP contribution in [0.4, 0.5) is 6.01 Å². The third-order valence-electron chi connectivity index (χ3n) is 4.13. The maximum atomic E-state index is 5.44. The van der Waals surface area contributed by atoms with Crippen molar-refractivity contribution < 1.29 is 9.26 Å². The average Bonchev–Trinajstić information content (AvgIpc) is 3.10. The van der Waals surface area contributed by atoms with Gasteiger partial charge < -0.3 is 14.2 Å². The van der Waals surface area contributed by atoms with E-state index in [9.17, 15) is 0 Å². The van der Waals surface area contributed by atoms with E-state index in [-0.39, 0.29) is 0 Å². The molecule has 1 unspecified atom stereocenters. The Bertz CT molecular complexity index is 421. The minimum Gasteiger partial charge on any atom is -0.381 e. The molecule has 2 aliphatic heterocycles. The van der Waals surface area contributed by atoms with Crippen LogP contribution in [0, 0.1) is 5.92 Å². The largest absolute Gasteiger partial charge is 0.381 e. The first-order valence-corrected chi connectivity index (χ1v) is 7.61. The number of rotatable bonds is 4. The minimum atomic E-state index is 0.316. The summed E-state index contributed by atoms with van der Waals surface area (Å²) in [7, 11) is 0. The van der Waals surface area contributed by atoms with Gasteiger partial charge in [0.25, 0.3) is 0 Å². The molecular formula is C14H24N4O2. The van der Waals surface area contributed by atoms with E-state index in [0.717, 1.165) is 57.7 Å². The Morgan fingerprint density at radius 3 is 2.65 bits per heavy atom. The lowest BCUT2D eigenvalue weighted by molar-refractivity contribution is 0.163. The molecule has 6 nitrogen and oxygen atoms in total. The molecule has 0 saturated carbocycles. The second-order valence-electron chi connectivity index (χ2n) is 6.11. The molecule has 0 bridgehead atoms. The van der Waals surface area contributed by atoms with Gasteiger partial charge in [-0.3, -0.25) is 4.90 Å². The predicted molar refractivity (Wildman–Crippen MR) is 76.0 cm³/mol. The van der Waals surface area contributed by atoms with Crippen LogP contribution in [0.1, 0.15) is 32.0 Å². The number of anilines is 1. The highest BCUT2D eigenvalue weighted by Gasteiger charge is 2.25. The second kappa shape index (κ2) is 6.10. The molecule has 0 radical (unpaired) electrons. The van der Waals surface area contributed by atoms with Gasteiger partial charge >= 0.3 is 6.01 Å². The molecule has 2 fully saturated rings. The lowest BCUT2D eigenvalue weighted by atomic mass is 10.1. The SMILES string of the molecule is CC(C)c1noc(N2CCN(CC3CCOC3)CC2)n1. The standard InChI is InChI=1S/C14H24N4O2/c1-11(2)13-15-14(20-16-13)18-6-4-17(5-7-18)9-12-3-8-19-10-12/h11-12H,3-10H2,1-2H3. The molecule has 20 heavy (non-hydrogen) atoms. The summed E-state index contributed by atoms with van der Waals surface area (Å²) in [6.45, 7) is 11.3. The van der Waals surface area contributed by atoms with Crippen molar-refractivity contribution in [2.45, 2.75) is 26.2 Å². The lowest BCUT2D eigenvalue weighted by Crippen LogP contribution is -2.48. The fourth-order valence-corrected chi connectivity index (χ4v) is 2.80. The van der Waals surface area contributed by atoms with Crippen molar-refractivity contribution in [3.05, 3.63) is 5.82 Å². The summed E-state index contributed by atoms with van der Waals surface area (Å²) in [5.41, 5.74) is 0. The molecule has 0 aromatic carbocycles. The van der Waals surface area contributed by atoms with Gasteiger partial charge in [0.1, 0.15) is 0 Å². The van der Waals surface area contributed by atoms with Crippen molar-refractivity contribution in [3.63, 3.8) is 0 Å². The van der Waals surface area contributed by atoms with Gasteiger partial charge in [-0.1, -0.05) is 19.0 Å². The Labute approximate surface area is 120 Å².